The van der Waals surface area contributed by atoms with E-state index in [2.05, 4.69) is 0 Å². The second-order valence-corrected chi connectivity index (χ2v) is 3.14. The number of carboxylic acid groups (broad SMARTS) is 1. The van der Waals surface area contributed by atoms with Gasteiger partial charge in [0.2, 0.25) is 0 Å². The molecule has 0 saturated heterocycles. The summed E-state index contributed by atoms with van der Waals surface area (Å²) in [5, 5.41) is 8.63. The molecule has 14 heavy (non-hydrogen) atoms. The second-order valence-electron chi connectivity index (χ2n) is 3.14. The Morgan fingerprint density at radius 2 is 2.00 bits per heavy atom. The molecule has 0 aliphatic rings. The van der Waals surface area contributed by atoms with E-state index >= 15 is 0 Å². The van der Waals surface area contributed by atoms with E-state index in [1.165, 1.54) is 0 Å². The molecule has 0 spiro atoms. The van der Waals surface area contributed by atoms with E-state index in [1.54, 1.807) is 4.57 Å². The van der Waals surface area contributed by atoms with Gasteiger partial charge in [-0.2, -0.15) is 0 Å². The first-order valence-corrected chi connectivity index (χ1v) is 4.21. The molecule has 1 aromatic heterocycles. The number of carboxylic acids is 1. The van der Waals surface area contributed by atoms with Gasteiger partial charge in [-0.1, -0.05) is 0 Å². The molecule has 0 fully saturated rings. The summed E-state index contributed by atoms with van der Waals surface area (Å²) >= 11 is 0. The molecule has 1 aromatic rings. The summed E-state index contributed by atoms with van der Waals surface area (Å²) in [5.41, 5.74) is 1.60. The monoisotopic (exact) mass is 197 g/mol. The zero-order chi connectivity index (χ0) is 10.7. The van der Waals surface area contributed by atoms with Crippen LogP contribution >= 0.6 is 0 Å². The third kappa shape index (κ3) is 2.02. The van der Waals surface area contributed by atoms with Gasteiger partial charge in [-0.3, -0.25) is 0 Å². The third-order valence-corrected chi connectivity index (χ3v) is 2.15. The number of halogens is 1. The van der Waals surface area contributed by atoms with Crippen molar-refractivity contribution in [3.63, 3.8) is 0 Å². The van der Waals surface area contributed by atoms with Crippen LogP contribution in [0.3, 0.4) is 0 Å². The van der Waals surface area contributed by atoms with Crippen LogP contribution < -0.4 is 0 Å². The highest BCUT2D eigenvalue weighted by atomic mass is 19.1. The summed E-state index contributed by atoms with van der Waals surface area (Å²) in [7, 11) is 0. The lowest BCUT2D eigenvalue weighted by Gasteiger charge is -2.08. The smallest absolute Gasteiger partial charge is 0.335 e. The molecule has 0 amide bonds. The molecule has 1 heterocycles. The standard InChI is InChI=1S/C10H12FNO2/c1-7-3-4-8(2)12(7)6-9(5-11)10(13)14/h3-5H,6H2,1-2H3,(H,13,14)/b9-5+. The summed E-state index contributed by atoms with van der Waals surface area (Å²) in [5.74, 6) is -1.22. The fourth-order valence-corrected chi connectivity index (χ4v) is 1.27. The highest BCUT2D eigenvalue weighted by Gasteiger charge is 2.10. The van der Waals surface area contributed by atoms with Crippen LogP contribution in [0.2, 0.25) is 0 Å². The number of aromatic nitrogens is 1. The zero-order valence-corrected chi connectivity index (χ0v) is 8.12. The minimum absolute atomic E-state index is 0.0660. The van der Waals surface area contributed by atoms with Crippen molar-refractivity contribution in [2.45, 2.75) is 20.4 Å². The van der Waals surface area contributed by atoms with Gasteiger partial charge in [-0.25, -0.2) is 9.18 Å². The molecule has 1 rings (SSSR count). The number of carbonyl (C=O) groups is 1. The number of rotatable bonds is 3. The van der Waals surface area contributed by atoms with Gasteiger partial charge in [0.1, 0.15) is 0 Å². The summed E-state index contributed by atoms with van der Waals surface area (Å²) < 4.78 is 14.0. The average molecular weight is 197 g/mol. The van der Waals surface area contributed by atoms with Crippen molar-refractivity contribution in [3.05, 3.63) is 35.4 Å². The van der Waals surface area contributed by atoms with Gasteiger partial charge in [-0.15, -0.1) is 0 Å². The van der Waals surface area contributed by atoms with Crippen molar-refractivity contribution in [1.29, 1.82) is 0 Å². The Labute approximate surface area is 81.5 Å². The Morgan fingerprint density at radius 1 is 1.50 bits per heavy atom. The lowest BCUT2D eigenvalue weighted by Crippen LogP contribution is -2.11. The molecule has 0 atom stereocenters. The Hall–Kier alpha value is -1.58. The van der Waals surface area contributed by atoms with Gasteiger partial charge in [0.05, 0.1) is 18.4 Å². The lowest BCUT2D eigenvalue weighted by molar-refractivity contribution is -0.132. The molecule has 1 N–H and O–H groups in total. The molecule has 0 bridgehead atoms. The maximum Gasteiger partial charge on any atom is 0.335 e. The van der Waals surface area contributed by atoms with Gasteiger partial charge >= 0.3 is 5.97 Å². The SMILES string of the molecule is Cc1ccc(C)n1C/C(=C\F)C(=O)O. The summed E-state index contributed by atoms with van der Waals surface area (Å²) in [6, 6.07) is 3.74. The molecule has 0 unspecified atom stereocenters. The van der Waals surface area contributed by atoms with Crippen LogP contribution in [0.1, 0.15) is 11.4 Å². The Kier molecular flexibility index (Phi) is 3.06. The quantitative estimate of drug-likeness (QED) is 0.753. The van der Waals surface area contributed by atoms with Crippen LogP contribution in [-0.2, 0) is 11.3 Å². The Morgan fingerprint density at radius 3 is 2.36 bits per heavy atom. The summed E-state index contributed by atoms with van der Waals surface area (Å²) in [6.07, 6.45) is 0.140. The van der Waals surface area contributed by atoms with Gasteiger partial charge in [0.25, 0.3) is 0 Å². The van der Waals surface area contributed by atoms with Gasteiger partial charge in [0, 0.05) is 11.4 Å². The molecule has 4 heteroatoms. The van der Waals surface area contributed by atoms with Crippen molar-refractivity contribution in [1.82, 2.24) is 4.57 Å². The maximum atomic E-state index is 12.2. The van der Waals surface area contributed by atoms with E-state index in [4.69, 9.17) is 5.11 Å². The first-order valence-electron chi connectivity index (χ1n) is 4.21. The molecule has 0 saturated carbocycles. The van der Waals surface area contributed by atoms with Crippen LogP contribution in [0.4, 0.5) is 4.39 Å². The fourth-order valence-electron chi connectivity index (χ4n) is 1.27. The number of hydrogen-bond donors (Lipinski definition) is 1. The van der Waals surface area contributed by atoms with Gasteiger partial charge < -0.3 is 9.67 Å². The lowest BCUT2D eigenvalue weighted by atomic mass is 10.3. The van der Waals surface area contributed by atoms with Crippen LogP contribution in [0.15, 0.2) is 24.0 Å². The second kappa shape index (κ2) is 4.09. The van der Waals surface area contributed by atoms with Crippen LogP contribution in [0.25, 0.3) is 0 Å². The summed E-state index contributed by atoms with van der Waals surface area (Å²) in [4.78, 5) is 10.6. The largest absolute Gasteiger partial charge is 0.478 e. The van der Waals surface area contributed by atoms with Crippen molar-refractivity contribution in [3.8, 4) is 0 Å². The van der Waals surface area contributed by atoms with Crippen molar-refractivity contribution < 1.29 is 14.3 Å². The number of hydrogen-bond acceptors (Lipinski definition) is 1. The minimum atomic E-state index is -1.22. The normalized spacial score (nSPS) is 11.8. The van der Waals surface area contributed by atoms with Crippen LogP contribution in [-0.4, -0.2) is 15.6 Å². The Bertz CT molecular complexity index is 360. The first kappa shape index (κ1) is 10.5. The first-order chi connectivity index (χ1) is 6.56. The van der Waals surface area contributed by atoms with Crippen LogP contribution in [0.5, 0.6) is 0 Å². The fraction of sp³-hybridized carbons (Fsp3) is 0.300. The van der Waals surface area contributed by atoms with Crippen LogP contribution in [0, 0.1) is 13.8 Å². The van der Waals surface area contributed by atoms with E-state index in [0.717, 1.165) is 11.4 Å². The molecule has 0 aliphatic carbocycles. The van der Waals surface area contributed by atoms with E-state index in [9.17, 15) is 9.18 Å². The molecule has 3 nitrogen and oxygen atoms in total. The Balaban J connectivity index is 2.93. The van der Waals surface area contributed by atoms with E-state index in [0.29, 0.717) is 0 Å². The molecule has 0 radical (unpaired) electrons. The average Bonchev–Trinajstić information content (AvgIpc) is 2.43. The molecular formula is C10H12FNO2. The molecule has 0 aliphatic heterocycles. The predicted molar refractivity (Wildman–Crippen MR) is 50.7 cm³/mol. The van der Waals surface area contributed by atoms with Gasteiger partial charge in [0.15, 0.2) is 0 Å². The molecular weight excluding hydrogens is 185 g/mol. The van der Waals surface area contributed by atoms with Crippen molar-refractivity contribution >= 4 is 5.97 Å². The molecule has 0 aromatic carbocycles. The van der Waals surface area contributed by atoms with Crippen molar-refractivity contribution in [2.75, 3.05) is 0 Å². The number of aliphatic carboxylic acids is 1. The number of nitrogens with zero attached hydrogens (tertiary/aromatic N) is 1. The summed E-state index contributed by atoms with van der Waals surface area (Å²) in [6.45, 7) is 3.77. The van der Waals surface area contributed by atoms with E-state index in [1.807, 2.05) is 26.0 Å². The van der Waals surface area contributed by atoms with Crippen molar-refractivity contribution in [2.24, 2.45) is 0 Å². The third-order valence-electron chi connectivity index (χ3n) is 2.15. The highest BCUT2D eigenvalue weighted by molar-refractivity contribution is 5.86. The maximum absolute atomic E-state index is 12.2. The zero-order valence-electron chi connectivity index (χ0n) is 8.12. The predicted octanol–water partition coefficient (Wildman–Crippen LogP) is 2.04. The van der Waals surface area contributed by atoms with E-state index in [-0.39, 0.29) is 18.4 Å². The molecule has 76 valence electrons. The highest BCUT2D eigenvalue weighted by Crippen LogP contribution is 2.10. The minimum Gasteiger partial charge on any atom is -0.478 e. The number of aryl methyl sites for hydroxylation is 2. The van der Waals surface area contributed by atoms with Gasteiger partial charge in [-0.05, 0) is 26.0 Å². The van der Waals surface area contributed by atoms with E-state index < -0.39 is 5.97 Å². The topological polar surface area (TPSA) is 42.2 Å².